The lowest BCUT2D eigenvalue weighted by atomic mass is 10.1. The van der Waals surface area contributed by atoms with Crippen molar-refractivity contribution in [3.63, 3.8) is 0 Å². The van der Waals surface area contributed by atoms with Gasteiger partial charge in [-0.25, -0.2) is 4.98 Å². The molecule has 17 heavy (non-hydrogen) atoms. The van der Waals surface area contributed by atoms with Gasteiger partial charge in [0.05, 0.1) is 11.2 Å². The van der Waals surface area contributed by atoms with Crippen LogP contribution in [-0.2, 0) is 13.5 Å². The summed E-state index contributed by atoms with van der Waals surface area (Å²) in [5.41, 5.74) is 4.32. The Balaban J connectivity index is 2.02. The van der Waals surface area contributed by atoms with Crippen LogP contribution in [0.25, 0.3) is 0 Å². The summed E-state index contributed by atoms with van der Waals surface area (Å²) >= 11 is 1.73. The number of aryl methyl sites for hydroxylation is 3. The largest absolute Gasteiger partial charge is 0.312 e. The molecule has 2 aromatic rings. The summed E-state index contributed by atoms with van der Waals surface area (Å²) in [6, 6.07) is 2.46. The SMILES string of the molecule is CNC(CCc1ccnn1C)c1scnc1C. The molecule has 92 valence electrons. The summed E-state index contributed by atoms with van der Waals surface area (Å²) in [6.45, 7) is 2.07. The van der Waals surface area contributed by atoms with Gasteiger partial charge in [0.1, 0.15) is 0 Å². The number of nitrogens with zero attached hydrogens (tertiary/aromatic N) is 3. The second-order valence-corrected chi connectivity index (χ2v) is 5.01. The Hall–Kier alpha value is -1.20. The van der Waals surface area contributed by atoms with E-state index in [-0.39, 0.29) is 0 Å². The van der Waals surface area contributed by atoms with Crippen LogP contribution in [0, 0.1) is 6.92 Å². The molecule has 0 aliphatic heterocycles. The van der Waals surface area contributed by atoms with Crippen molar-refractivity contribution in [1.82, 2.24) is 20.1 Å². The summed E-state index contributed by atoms with van der Waals surface area (Å²) in [5.74, 6) is 0. The van der Waals surface area contributed by atoms with Gasteiger partial charge in [-0.05, 0) is 32.9 Å². The van der Waals surface area contributed by atoms with Crippen molar-refractivity contribution in [2.75, 3.05) is 7.05 Å². The Morgan fingerprint density at radius 3 is 2.88 bits per heavy atom. The lowest BCUT2D eigenvalue weighted by Crippen LogP contribution is -2.17. The predicted molar refractivity (Wildman–Crippen MR) is 70.2 cm³/mol. The first-order chi connectivity index (χ1) is 8.22. The highest BCUT2D eigenvalue weighted by Gasteiger charge is 2.14. The molecule has 0 amide bonds. The molecule has 4 nitrogen and oxygen atoms in total. The molecule has 0 radical (unpaired) electrons. The minimum absolute atomic E-state index is 0.386. The highest BCUT2D eigenvalue weighted by molar-refractivity contribution is 7.09. The molecule has 2 rings (SSSR count). The van der Waals surface area contributed by atoms with Gasteiger partial charge in [0.25, 0.3) is 0 Å². The summed E-state index contributed by atoms with van der Waals surface area (Å²) < 4.78 is 1.94. The zero-order valence-corrected chi connectivity index (χ0v) is 11.3. The minimum atomic E-state index is 0.386. The molecule has 0 fully saturated rings. The van der Waals surface area contributed by atoms with E-state index in [1.165, 1.54) is 10.6 Å². The standard InChI is InChI=1S/C12H18N4S/c1-9-12(17-8-14-9)11(13-2)5-4-10-6-7-15-16(10)3/h6-8,11,13H,4-5H2,1-3H3. The van der Waals surface area contributed by atoms with Crippen molar-refractivity contribution >= 4 is 11.3 Å². The molecule has 2 aromatic heterocycles. The average Bonchev–Trinajstić information content (AvgIpc) is 2.90. The second-order valence-electron chi connectivity index (χ2n) is 4.13. The Bertz CT molecular complexity index is 474. The van der Waals surface area contributed by atoms with Crippen molar-refractivity contribution < 1.29 is 0 Å². The fraction of sp³-hybridized carbons (Fsp3) is 0.500. The van der Waals surface area contributed by atoms with Crippen molar-refractivity contribution in [2.45, 2.75) is 25.8 Å². The summed E-state index contributed by atoms with van der Waals surface area (Å²) in [4.78, 5) is 5.65. The summed E-state index contributed by atoms with van der Waals surface area (Å²) in [6.07, 6.45) is 3.94. The van der Waals surface area contributed by atoms with Crippen LogP contribution in [0.2, 0.25) is 0 Å². The number of hydrogen-bond acceptors (Lipinski definition) is 4. The van der Waals surface area contributed by atoms with Crippen molar-refractivity contribution in [2.24, 2.45) is 7.05 Å². The molecule has 0 aromatic carbocycles. The van der Waals surface area contributed by atoms with Crippen molar-refractivity contribution in [1.29, 1.82) is 0 Å². The highest BCUT2D eigenvalue weighted by Crippen LogP contribution is 2.25. The number of hydrogen-bond donors (Lipinski definition) is 1. The molecular formula is C12H18N4S. The van der Waals surface area contributed by atoms with E-state index >= 15 is 0 Å². The van der Waals surface area contributed by atoms with E-state index in [1.807, 2.05) is 30.5 Å². The summed E-state index contributed by atoms with van der Waals surface area (Å²) in [5, 5.41) is 7.56. The van der Waals surface area contributed by atoms with Gasteiger partial charge in [-0.3, -0.25) is 4.68 Å². The van der Waals surface area contributed by atoms with Gasteiger partial charge in [0.2, 0.25) is 0 Å². The third-order valence-electron chi connectivity index (χ3n) is 3.06. The Labute approximate surface area is 106 Å². The highest BCUT2D eigenvalue weighted by atomic mass is 32.1. The van der Waals surface area contributed by atoms with Crippen LogP contribution in [0.5, 0.6) is 0 Å². The first-order valence-corrected chi connectivity index (χ1v) is 6.64. The van der Waals surface area contributed by atoms with Gasteiger partial charge in [-0.2, -0.15) is 5.10 Å². The van der Waals surface area contributed by atoms with Crippen LogP contribution in [0.15, 0.2) is 17.8 Å². The van der Waals surface area contributed by atoms with Gasteiger partial charge < -0.3 is 5.32 Å². The molecule has 1 atom stereocenters. The molecule has 0 saturated carbocycles. The third-order valence-corrected chi connectivity index (χ3v) is 4.10. The number of rotatable bonds is 5. The zero-order valence-electron chi connectivity index (χ0n) is 10.5. The molecule has 0 bridgehead atoms. The fourth-order valence-corrected chi connectivity index (χ4v) is 2.94. The molecule has 0 aliphatic rings. The number of aromatic nitrogens is 3. The number of thiazole rings is 1. The molecule has 1 N–H and O–H groups in total. The maximum atomic E-state index is 4.31. The lowest BCUT2D eigenvalue weighted by Gasteiger charge is -2.15. The van der Waals surface area contributed by atoms with Gasteiger partial charge >= 0.3 is 0 Å². The Morgan fingerprint density at radius 1 is 1.53 bits per heavy atom. The maximum Gasteiger partial charge on any atom is 0.0798 e. The first kappa shape index (κ1) is 12.3. The Morgan fingerprint density at radius 2 is 2.35 bits per heavy atom. The van der Waals surface area contributed by atoms with Gasteiger partial charge in [-0.15, -0.1) is 11.3 Å². The van der Waals surface area contributed by atoms with E-state index in [4.69, 9.17) is 0 Å². The van der Waals surface area contributed by atoms with E-state index in [0.717, 1.165) is 18.5 Å². The van der Waals surface area contributed by atoms with Crippen LogP contribution >= 0.6 is 11.3 Å². The molecule has 0 spiro atoms. The van der Waals surface area contributed by atoms with E-state index in [1.54, 1.807) is 11.3 Å². The number of nitrogens with one attached hydrogen (secondary N) is 1. The normalized spacial score (nSPS) is 12.9. The lowest BCUT2D eigenvalue weighted by molar-refractivity contribution is 0.540. The average molecular weight is 250 g/mol. The third kappa shape index (κ3) is 2.73. The van der Waals surface area contributed by atoms with Crippen LogP contribution in [0.1, 0.15) is 28.7 Å². The van der Waals surface area contributed by atoms with Crippen LogP contribution in [0.4, 0.5) is 0 Å². The predicted octanol–water partition coefficient (Wildman–Crippen LogP) is 2.08. The Kier molecular flexibility index (Phi) is 3.91. The summed E-state index contributed by atoms with van der Waals surface area (Å²) in [7, 11) is 3.99. The van der Waals surface area contributed by atoms with Gasteiger partial charge in [0.15, 0.2) is 0 Å². The zero-order chi connectivity index (χ0) is 12.3. The molecule has 0 aliphatic carbocycles. The van der Waals surface area contributed by atoms with Gasteiger partial charge in [0, 0.05) is 29.9 Å². The van der Waals surface area contributed by atoms with Crippen molar-refractivity contribution in [3.8, 4) is 0 Å². The van der Waals surface area contributed by atoms with E-state index in [9.17, 15) is 0 Å². The molecule has 0 saturated heterocycles. The molecule has 2 heterocycles. The maximum absolute atomic E-state index is 4.31. The van der Waals surface area contributed by atoms with Crippen LogP contribution in [0.3, 0.4) is 0 Å². The first-order valence-electron chi connectivity index (χ1n) is 5.76. The fourth-order valence-electron chi connectivity index (χ4n) is 1.99. The quantitative estimate of drug-likeness (QED) is 0.883. The molecule has 5 heteroatoms. The molecule has 1 unspecified atom stereocenters. The van der Waals surface area contributed by atoms with E-state index < -0.39 is 0 Å². The topological polar surface area (TPSA) is 42.7 Å². The van der Waals surface area contributed by atoms with Crippen LogP contribution < -0.4 is 5.32 Å². The van der Waals surface area contributed by atoms with Crippen LogP contribution in [-0.4, -0.2) is 21.8 Å². The van der Waals surface area contributed by atoms with E-state index in [2.05, 4.69) is 28.4 Å². The van der Waals surface area contributed by atoms with Gasteiger partial charge in [-0.1, -0.05) is 0 Å². The molecular weight excluding hydrogens is 232 g/mol. The smallest absolute Gasteiger partial charge is 0.0798 e. The minimum Gasteiger partial charge on any atom is -0.312 e. The van der Waals surface area contributed by atoms with E-state index in [0.29, 0.717) is 6.04 Å². The second kappa shape index (κ2) is 5.42. The monoisotopic (exact) mass is 250 g/mol. The van der Waals surface area contributed by atoms with Crippen molar-refractivity contribution in [3.05, 3.63) is 34.0 Å².